The zero-order valence-electron chi connectivity index (χ0n) is 7.81. The van der Waals surface area contributed by atoms with Gasteiger partial charge in [0.25, 0.3) is 0 Å². The van der Waals surface area contributed by atoms with Gasteiger partial charge in [0.05, 0.1) is 11.6 Å². The van der Waals surface area contributed by atoms with E-state index in [4.69, 9.17) is 16.9 Å². The number of allylic oxidation sites excluding steroid dienone is 1. The van der Waals surface area contributed by atoms with Gasteiger partial charge in [-0.15, -0.1) is 0 Å². The molecule has 15 heavy (non-hydrogen) atoms. The molecule has 2 rings (SSSR count). The number of nitrogens with zero attached hydrogens (tertiary/aromatic N) is 2. The maximum Gasteiger partial charge on any atom is 0.137 e. The summed E-state index contributed by atoms with van der Waals surface area (Å²) in [7, 11) is 0. The highest BCUT2D eigenvalue weighted by Gasteiger charge is 2.01. The Morgan fingerprint density at radius 3 is 2.93 bits per heavy atom. The summed E-state index contributed by atoms with van der Waals surface area (Å²) in [6, 6.07) is 11.6. The predicted molar refractivity (Wildman–Crippen MR) is 61.4 cm³/mol. The standard InChI is InChI=1S/C12H7ClN2/c13-12-10(5-3-7-14)8-9-4-1-2-6-11(9)15-12/h1-6,8H/b5-3+. The third-order valence-electron chi connectivity index (χ3n) is 2.04. The van der Waals surface area contributed by atoms with E-state index in [0.717, 1.165) is 16.5 Å². The fraction of sp³-hybridized carbons (Fsp3) is 0. The van der Waals surface area contributed by atoms with Gasteiger partial charge < -0.3 is 0 Å². The molecule has 0 saturated carbocycles. The molecule has 2 nitrogen and oxygen atoms in total. The van der Waals surface area contributed by atoms with Gasteiger partial charge in [-0.3, -0.25) is 0 Å². The number of rotatable bonds is 1. The second-order valence-corrected chi connectivity index (χ2v) is 3.38. The average molecular weight is 215 g/mol. The zero-order valence-corrected chi connectivity index (χ0v) is 8.57. The van der Waals surface area contributed by atoms with E-state index in [9.17, 15) is 0 Å². The number of benzene rings is 1. The first kappa shape index (κ1) is 9.70. The first-order chi connectivity index (χ1) is 7.31. The van der Waals surface area contributed by atoms with Crippen LogP contribution in [0, 0.1) is 11.3 Å². The van der Waals surface area contributed by atoms with Gasteiger partial charge in [0, 0.05) is 17.0 Å². The van der Waals surface area contributed by atoms with Crippen molar-refractivity contribution in [3.63, 3.8) is 0 Å². The van der Waals surface area contributed by atoms with Gasteiger partial charge in [0.2, 0.25) is 0 Å². The number of aromatic nitrogens is 1. The highest BCUT2D eigenvalue weighted by Crippen LogP contribution is 2.21. The van der Waals surface area contributed by atoms with E-state index in [2.05, 4.69) is 4.98 Å². The van der Waals surface area contributed by atoms with Crippen molar-refractivity contribution in [2.45, 2.75) is 0 Å². The molecule has 0 radical (unpaired) electrons. The molecule has 0 amide bonds. The number of pyridine rings is 1. The van der Waals surface area contributed by atoms with E-state index >= 15 is 0 Å². The van der Waals surface area contributed by atoms with Crippen molar-refractivity contribution in [1.82, 2.24) is 4.98 Å². The minimum absolute atomic E-state index is 0.417. The van der Waals surface area contributed by atoms with E-state index in [1.165, 1.54) is 6.08 Å². The number of hydrogen-bond donors (Lipinski definition) is 0. The quantitative estimate of drug-likeness (QED) is 0.539. The largest absolute Gasteiger partial charge is 0.235 e. The lowest BCUT2D eigenvalue weighted by Gasteiger charge is -2.00. The van der Waals surface area contributed by atoms with Crippen LogP contribution >= 0.6 is 11.6 Å². The molecule has 0 aliphatic carbocycles. The molecule has 0 bridgehead atoms. The van der Waals surface area contributed by atoms with Crippen molar-refractivity contribution in [3.8, 4) is 6.07 Å². The Bertz CT molecular complexity index is 567. The molecule has 1 heterocycles. The summed E-state index contributed by atoms with van der Waals surface area (Å²) < 4.78 is 0. The second kappa shape index (κ2) is 4.12. The van der Waals surface area contributed by atoms with E-state index in [1.54, 1.807) is 6.08 Å². The summed E-state index contributed by atoms with van der Waals surface area (Å²) in [6.07, 6.45) is 3.04. The Kier molecular flexibility index (Phi) is 2.66. The van der Waals surface area contributed by atoms with Crippen molar-refractivity contribution < 1.29 is 0 Å². The average Bonchev–Trinajstić information content (AvgIpc) is 2.26. The second-order valence-electron chi connectivity index (χ2n) is 3.02. The van der Waals surface area contributed by atoms with E-state index in [1.807, 2.05) is 36.4 Å². The molecule has 0 aliphatic rings. The number of para-hydroxylation sites is 1. The smallest absolute Gasteiger partial charge is 0.137 e. The molecule has 0 aliphatic heterocycles. The van der Waals surface area contributed by atoms with Gasteiger partial charge in [-0.1, -0.05) is 29.8 Å². The highest BCUT2D eigenvalue weighted by atomic mass is 35.5. The van der Waals surface area contributed by atoms with Crippen molar-refractivity contribution in [2.24, 2.45) is 0 Å². The molecule has 0 atom stereocenters. The molecule has 2 aromatic rings. The first-order valence-corrected chi connectivity index (χ1v) is 4.80. The van der Waals surface area contributed by atoms with Gasteiger partial charge in [-0.05, 0) is 18.2 Å². The number of halogens is 1. The van der Waals surface area contributed by atoms with Crippen LogP contribution in [0.4, 0.5) is 0 Å². The van der Waals surface area contributed by atoms with Gasteiger partial charge in [0.15, 0.2) is 0 Å². The van der Waals surface area contributed by atoms with Crippen molar-refractivity contribution >= 4 is 28.6 Å². The minimum atomic E-state index is 0.417. The molecule has 0 fully saturated rings. The molecule has 3 heteroatoms. The van der Waals surface area contributed by atoms with Crippen LogP contribution < -0.4 is 0 Å². The van der Waals surface area contributed by atoms with Gasteiger partial charge in [0.1, 0.15) is 5.15 Å². The number of nitriles is 1. The molecular formula is C12H7ClN2. The predicted octanol–water partition coefficient (Wildman–Crippen LogP) is 3.42. The third-order valence-corrected chi connectivity index (χ3v) is 2.34. The maximum atomic E-state index is 8.43. The number of hydrogen-bond acceptors (Lipinski definition) is 2. The lowest BCUT2D eigenvalue weighted by atomic mass is 10.1. The van der Waals surface area contributed by atoms with Crippen LogP contribution in [0.2, 0.25) is 5.15 Å². The fourth-order valence-corrected chi connectivity index (χ4v) is 1.56. The van der Waals surface area contributed by atoms with E-state index < -0.39 is 0 Å². The normalized spacial score (nSPS) is 10.7. The fourth-order valence-electron chi connectivity index (χ4n) is 1.35. The topological polar surface area (TPSA) is 36.7 Å². The Hall–Kier alpha value is -1.85. The SMILES string of the molecule is N#C/C=C/c1cc2ccccc2nc1Cl. The molecule has 0 saturated heterocycles. The Balaban J connectivity index is 2.63. The molecule has 72 valence electrons. The van der Waals surface area contributed by atoms with E-state index in [-0.39, 0.29) is 0 Å². The number of fused-ring (bicyclic) bond motifs is 1. The van der Waals surface area contributed by atoms with E-state index in [0.29, 0.717) is 5.15 Å². The van der Waals surface area contributed by atoms with Gasteiger partial charge >= 0.3 is 0 Å². The summed E-state index contributed by atoms with van der Waals surface area (Å²) in [4.78, 5) is 4.23. The highest BCUT2D eigenvalue weighted by molar-refractivity contribution is 6.31. The summed E-state index contributed by atoms with van der Waals surface area (Å²) in [5.41, 5.74) is 1.62. The maximum absolute atomic E-state index is 8.43. The summed E-state index contributed by atoms with van der Waals surface area (Å²) in [5, 5.41) is 9.86. The van der Waals surface area contributed by atoms with Crippen molar-refractivity contribution in [1.29, 1.82) is 5.26 Å². The zero-order chi connectivity index (χ0) is 10.7. The van der Waals surface area contributed by atoms with Crippen LogP contribution in [0.15, 0.2) is 36.4 Å². The van der Waals surface area contributed by atoms with Crippen LogP contribution in [0.1, 0.15) is 5.56 Å². The van der Waals surface area contributed by atoms with Crippen LogP contribution in [0.5, 0.6) is 0 Å². The van der Waals surface area contributed by atoms with Crippen LogP contribution in [0.3, 0.4) is 0 Å². The molecule has 1 aromatic heterocycles. The molecule has 1 aromatic carbocycles. The summed E-state index contributed by atoms with van der Waals surface area (Å²) >= 11 is 5.97. The molecule has 0 spiro atoms. The van der Waals surface area contributed by atoms with Crippen LogP contribution in [-0.4, -0.2) is 4.98 Å². The van der Waals surface area contributed by atoms with Crippen LogP contribution in [0.25, 0.3) is 17.0 Å². The summed E-state index contributed by atoms with van der Waals surface area (Å²) in [5.74, 6) is 0. The monoisotopic (exact) mass is 214 g/mol. The Morgan fingerprint density at radius 1 is 1.33 bits per heavy atom. The van der Waals surface area contributed by atoms with Gasteiger partial charge in [-0.2, -0.15) is 5.26 Å². The van der Waals surface area contributed by atoms with Crippen molar-refractivity contribution in [2.75, 3.05) is 0 Å². The Morgan fingerprint density at radius 2 is 2.13 bits per heavy atom. The molecule has 0 N–H and O–H groups in total. The minimum Gasteiger partial charge on any atom is -0.235 e. The Labute approximate surface area is 92.4 Å². The van der Waals surface area contributed by atoms with Crippen molar-refractivity contribution in [3.05, 3.63) is 47.1 Å². The van der Waals surface area contributed by atoms with Gasteiger partial charge in [-0.25, -0.2) is 4.98 Å². The lowest BCUT2D eigenvalue weighted by molar-refractivity contribution is 1.40. The van der Waals surface area contributed by atoms with Crippen LogP contribution in [-0.2, 0) is 0 Å². The molecular weight excluding hydrogens is 208 g/mol. The first-order valence-electron chi connectivity index (χ1n) is 4.43. The summed E-state index contributed by atoms with van der Waals surface area (Å²) in [6.45, 7) is 0. The lowest BCUT2D eigenvalue weighted by Crippen LogP contribution is -1.83. The third kappa shape index (κ3) is 1.98. The molecule has 0 unspecified atom stereocenters.